The van der Waals surface area contributed by atoms with Gasteiger partial charge < -0.3 is 5.11 Å². The van der Waals surface area contributed by atoms with E-state index >= 15 is 0 Å². The average Bonchev–Trinajstić information content (AvgIpc) is 3.04. The summed E-state index contributed by atoms with van der Waals surface area (Å²) >= 11 is 0. The zero-order chi connectivity index (χ0) is 35.0. The number of carboxylic acid groups (broad SMARTS) is 1. The van der Waals surface area contributed by atoms with Gasteiger partial charge in [0.2, 0.25) is 0 Å². The molecule has 0 radical (unpaired) electrons. The maximum Gasteiger partial charge on any atom is 0.309 e. The lowest BCUT2D eigenvalue weighted by Gasteiger charge is -2.40. The Bertz CT molecular complexity index is 778. The molecule has 0 saturated heterocycles. The number of hydrogen-bond donors (Lipinski definition) is 1. The summed E-state index contributed by atoms with van der Waals surface area (Å²) in [6.07, 6.45) is 40.4. The monoisotopic (exact) mass is 660 g/mol. The van der Waals surface area contributed by atoms with Gasteiger partial charge in [0.25, 0.3) is 0 Å². The molecule has 5 heteroatoms. The highest BCUT2D eigenvalue weighted by Gasteiger charge is 2.53. The van der Waals surface area contributed by atoms with Gasteiger partial charge in [-0.05, 0) is 85.2 Å². The van der Waals surface area contributed by atoms with Gasteiger partial charge in [0.05, 0.1) is 5.92 Å². The third-order valence-corrected chi connectivity index (χ3v) is 9.88. The van der Waals surface area contributed by atoms with Crippen LogP contribution in [0.2, 0.25) is 0 Å². The summed E-state index contributed by atoms with van der Waals surface area (Å²) in [4.78, 5) is 41.0. The van der Waals surface area contributed by atoms with Crippen LogP contribution in [0.15, 0.2) is 24.3 Å². The molecule has 0 aromatic carbocycles. The van der Waals surface area contributed by atoms with Crippen molar-refractivity contribution in [1.82, 2.24) is 4.90 Å². The summed E-state index contributed by atoms with van der Waals surface area (Å²) in [6.45, 7) is 6.04. The largest absolute Gasteiger partial charge is 0.481 e. The second-order valence-electron chi connectivity index (χ2n) is 14.2. The first-order valence-electron chi connectivity index (χ1n) is 20.0. The van der Waals surface area contributed by atoms with Crippen molar-refractivity contribution in [2.75, 3.05) is 14.1 Å². The van der Waals surface area contributed by atoms with Crippen LogP contribution >= 0.6 is 0 Å². The first kappa shape index (κ1) is 45.2. The summed E-state index contributed by atoms with van der Waals surface area (Å²) in [5, 5.41) is 9.93. The number of unbranched alkanes of at least 4 members (excludes halogenated alkanes) is 22. The van der Waals surface area contributed by atoms with Gasteiger partial charge in [-0.25, -0.2) is 0 Å². The van der Waals surface area contributed by atoms with Gasteiger partial charge in [0.15, 0.2) is 17.1 Å². The lowest BCUT2D eigenvalue weighted by atomic mass is 9.73. The van der Waals surface area contributed by atoms with Crippen molar-refractivity contribution in [3.05, 3.63) is 24.3 Å². The van der Waals surface area contributed by atoms with E-state index in [9.17, 15) is 19.5 Å². The lowest BCUT2D eigenvalue weighted by molar-refractivity contribution is -0.158. The molecule has 0 fully saturated rings. The Morgan fingerprint density at radius 1 is 0.511 bits per heavy atom. The molecule has 0 aliphatic rings. The molecule has 0 saturated carbocycles. The third kappa shape index (κ3) is 21.8. The molecule has 0 aliphatic carbocycles. The van der Waals surface area contributed by atoms with Crippen LogP contribution in [0.1, 0.15) is 201 Å². The SMILES string of the molecule is CCCCCCCC/C=C\CCCCCCCC(=O)C(C(=O)CCCCCCC/C=C\CCCCCCCC)(C(C)C(=O)O)N(C)C. The maximum absolute atomic E-state index is 13.6. The molecule has 5 nitrogen and oxygen atoms in total. The van der Waals surface area contributed by atoms with Gasteiger partial charge in [0.1, 0.15) is 0 Å². The molecule has 1 unspecified atom stereocenters. The Hall–Kier alpha value is -1.75. The summed E-state index contributed by atoms with van der Waals surface area (Å²) < 4.78 is 0. The highest BCUT2D eigenvalue weighted by Crippen LogP contribution is 2.31. The molecule has 1 atom stereocenters. The van der Waals surface area contributed by atoms with E-state index in [0.717, 1.165) is 64.2 Å². The Labute approximate surface area is 291 Å². The molecule has 47 heavy (non-hydrogen) atoms. The number of rotatable bonds is 35. The van der Waals surface area contributed by atoms with Crippen molar-refractivity contribution in [1.29, 1.82) is 0 Å². The minimum Gasteiger partial charge on any atom is -0.481 e. The average molecular weight is 660 g/mol. The zero-order valence-electron chi connectivity index (χ0n) is 31.8. The molecule has 0 aliphatic heterocycles. The fourth-order valence-corrected chi connectivity index (χ4v) is 6.80. The Morgan fingerprint density at radius 3 is 1.06 bits per heavy atom. The molecule has 0 aromatic rings. The molecule has 0 rings (SSSR count). The second-order valence-corrected chi connectivity index (χ2v) is 14.2. The van der Waals surface area contributed by atoms with Gasteiger partial charge in [-0.15, -0.1) is 0 Å². The minimum absolute atomic E-state index is 0.229. The number of ketones is 2. The topological polar surface area (TPSA) is 74.7 Å². The van der Waals surface area contributed by atoms with Gasteiger partial charge in [-0.2, -0.15) is 0 Å². The molecule has 0 bridgehead atoms. The summed E-state index contributed by atoms with van der Waals surface area (Å²) in [7, 11) is 3.38. The second kappa shape index (κ2) is 31.5. The van der Waals surface area contributed by atoms with E-state index in [1.165, 1.54) is 96.8 Å². The van der Waals surface area contributed by atoms with Crippen LogP contribution in [0.4, 0.5) is 0 Å². The van der Waals surface area contributed by atoms with Crippen molar-refractivity contribution >= 4 is 17.5 Å². The number of Topliss-reactive ketones (excluding diaryl/α,β-unsaturated/α-hetero) is 2. The van der Waals surface area contributed by atoms with Crippen LogP contribution in [0.3, 0.4) is 0 Å². The van der Waals surface area contributed by atoms with Crippen LogP contribution in [0.25, 0.3) is 0 Å². The van der Waals surface area contributed by atoms with Gasteiger partial charge in [-0.3, -0.25) is 19.3 Å². The van der Waals surface area contributed by atoms with E-state index in [-0.39, 0.29) is 24.4 Å². The molecule has 0 aromatic heterocycles. The fourth-order valence-electron chi connectivity index (χ4n) is 6.80. The van der Waals surface area contributed by atoms with E-state index in [1.807, 2.05) is 0 Å². The lowest BCUT2D eigenvalue weighted by Crippen LogP contribution is -2.63. The summed E-state index contributed by atoms with van der Waals surface area (Å²) in [6, 6.07) is 0. The number of nitrogens with zero attached hydrogens (tertiary/aromatic N) is 1. The quantitative estimate of drug-likeness (QED) is 0.0416. The Kier molecular flexibility index (Phi) is 30.3. The van der Waals surface area contributed by atoms with Crippen molar-refractivity contribution < 1.29 is 19.5 Å². The van der Waals surface area contributed by atoms with Gasteiger partial charge in [0, 0.05) is 12.8 Å². The first-order valence-corrected chi connectivity index (χ1v) is 20.0. The van der Waals surface area contributed by atoms with Crippen LogP contribution < -0.4 is 0 Å². The van der Waals surface area contributed by atoms with E-state index in [0.29, 0.717) is 12.8 Å². The van der Waals surface area contributed by atoms with Gasteiger partial charge in [-0.1, -0.05) is 141 Å². The molecule has 0 amide bonds. The molecule has 0 heterocycles. The zero-order valence-corrected chi connectivity index (χ0v) is 31.8. The highest BCUT2D eigenvalue weighted by molar-refractivity contribution is 6.14. The van der Waals surface area contributed by atoms with Crippen molar-refractivity contribution in [2.24, 2.45) is 5.92 Å². The van der Waals surface area contributed by atoms with Crippen molar-refractivity contribution in [2.45, 2.75) is 206 Å². The Balaban J connectivity index is 4.42. The number of likely N-dealkylation sites (N-methyl/N-ethyl adjacent to an activating group) is 1. The van der Waals surface area contributed by atoms with E-state index in [1.54, 1.807) is 19.0 Å². The standard InChI is InChI=1S/C42H77NO4/c1-6-8-10-12-14-16-18-20-22-24-26-28-30-32-34-36-39(44)42(43(4)5,38(3)41(46)47)40(45)37-35-33-31-29-27-25-23-21-19-17-15-13-11-9-7-2/h20-23,38H,6-19,24-37H2,1-5H3,(H,46,47)/b22-20-,23-21-. The van der Waals surface area contributed by atoms with Crippen LogP contribution in [-0.4, -0.2) is 47.2 Å². The molecular weight excluding hydrogens is 582 g/mol. The summed E-state index contributed by atoms with van der Waals surface area (Å²) in [5.74, 6) is -2.63. The van der Waals surface area contributed by atoms with E-state index in [2.05, 4.69) is 38.2 Å². The van der Waals surface area contributed by atoms with Gasteiger partial charge >= 0.3 is 5.97 Å². The number of aliphatic carboxylic acids is 1. The Morgan fingerprint density at radius 2 is 0.787 bits per heavy atom. The van der Waals surface area contributed by atoms with E-state index < -0.39 is 17.4 Å². The number of carboxylic acids is 1. The van der Waals surface area contributed by atoms with Crippen molar-refractivity contribution in [3.63, 3.8) is 0 Å². The van der Waals surface area contributed by atoms with Crippen LogP contribution in [0, 0.1) is 5.92 Å². The number of carbonyl (C=O) groups is 3. The predicted molar refractivity (Wildman–Crippen MR) is 202 cm³/mol. The molecule has 0 spiro atoms. The number of allylic oxidation sites excluding steroid dienone is 4. The van der Waals surface area contributed by atoms with Crippen LogP contribution in [0.5, 0.6) is 0 Å². The maximum atomic E-state index is 13.6. The number of hydrogen-bond acceptors (Lipinski definition) is 4. The minimum atomic E-state index is -1.59. The third-order valence-electron chi connectivity index (χ3n) is 9.88. The fraction of sp³-hybridized carbons (Fsp3) is 0.833. The number of carbonyl (C=O) groups excluding carboxylic acids is 2. The predicted octanol–water partition coefficient (Wildman–Crippen LogP) is 12.2. The summed E-state index contributed by atoms with van der Waals surface area (Å²) in [5.41, 5.74) is -1.59. The normalized spacial score (nSPS) is 12.9. The van der Waals surface area contributed by atoms with Crippen molar-refractivity contribution in [3.8, 4) is 0 Å². The molecular formula is C42H77NO4. The van der Waals surface area contributed by atoms with E-state index in [4.69, 9.17) is 0 Å². The highest BCUT2D eigenvalue weighted by atomic mass is 16.4. The molecule has 274 valence electrons. The van der Waals surface area contributed by atoms with Crippen LogP contribution in [-0.2, 0) is 14.4 Å². The molecule has 1 N–H and O–H groups in total. The first-order chi connectivity index (χ1) is 22.8. The smallest absolute Gasteiger partial charge is 0.309 e.